The molecule has 0 aliphatic carbocycles. The maximum absolute atomic E-state index is 5.62. The van der Waals surface area contributed by atoms with Crippen LogP contribution in [0.4, 0.5) is 0 Å². The number of aromatic nitrogens is 2. The molecule has 1 aromatic rings. The molecule has 0 spiro atoms. The summed E-state index contributed by atoms with van der Waals surface area (Å²) < 4.78 is 1.90. The SMILES string of the molecule is Cn1nc(C2CCNCC2)cc1CN. The Morgan fingerprint density at radius 3 is 2.86 bits per heavy atom. The molecule has 1 fully saturated rings. The van der Waals surface area contributed by atoms with Crippen molar-refractivity contribution in [3.8, 4) is 0 Å². The lowest BCUT2D eigenvalue weighted by Crippen LogP contribution is -2.26. The number of nitrogens with zero attached hydrogens (tertiary/aromatic N) is 2. The van der Waals surface area contributed by atoms with Gasteiger partial charge in [0, 0.05) is 19.5 Å². The highest BCUT2D eigenvalue weighted by atomic mass is 15.3. The zero-order valence-corrected chi connectivity index (χ0v) is 8.66. The second-order valence-corrected chi connectivity index (χ2v) is 3.91. The molecule has 14 heavy (non-hydrogen) atoms. The fourth-order valence-electron chi connectivity index (χ4n) is 2.04. The lowest BCUT2D eigenvalue weighted by molar-refractivity contribution is 0.450. The number of aryl methyl sites for hydroxylation is 1. The largest absolute Gasteiger partial charge is 0.325 e. The van der Waals surface area contributed by atoms with E-state index in [0.717, 1.165) is 18.8 Å². The van der Waals surface area contributed by atoms with Crippen molar-refractivity contribution in [1.82, 2.24) is 15.1 Å². The highest BCUT2D eigenvalue weighted by molar-refractivity contribution is 5.15. The average molecular weight is 194 g/mol. The Kier molecular flexibility index (Phi) is 2.84. The monoisotopic (exact) mass is 194 g/mol. The Morgan fingerprint density at radius 2 is 2.29 bits per heavy atom. The van der Waals surface area contributed by atoms with Crippen molar-refractivity contribution in [3.05, 3.63) is 17.5 Å². The predicted octanol–water partition coefficient (Wildman–Crippen LogP) is 0.346. The molecule has 1 aliphatic heterocycles. The van der Waals surface area contributed by atoms with Gasteiger partial charge in [0.1, 0.15) is 0 Å². The summed E-state index contributed by atoms with van der Waals surface area (Å²) in [6.45, 7) is 2.80. The molecule has 1 aliphatic rings. The highest BCUT2D eigenvalue weighted by Gasteiger charge is 2.18. The fourth-order valence-corrected chi connectivity index (χ4v) is 2.04. The topological polar surface area (TPSA) is 55.9 Å². The van der Waals surface area contributed by atoms with Crippen LogP contribution in [0.15, 0.2) is 6.07 Å². The summed E-state index contributed by atoms with van der Waals surface area (Å²) in [7, 11) is 1.97. The molecule has 1 saturated heterocycles. The molecule has 4 heteroatoms. The zero-order valence-electron chi connectivity index (χ0n) is 8.66. The molecule has 78 valence electrons. The van der Waals surface area contributed by atoms with Crippen LogP contribution in [-0.2, 0) is 13.6 Å². The molecule has 0 saturated carbocycles. The highest BCUT2D eigenvalue weighted by Crippen LogP contribution is 2.24. The van der Waals surface area contributed by atoms with Gasteiger partial charge in [0.15, 0.2) is 0 Å². The van der Waals surface area contributed by atoms with Crippen molar-refractivity contribution in [3.63, 3.8) is 0 Å². The first-order valence-electron chi connectivity index (χ1n) is 5.25. The minimum atomic E-state index is 0.578. The lowest BCUT2D eigenvalue weighted by atomic mass is 9.95. The molecule has 0 radical (unpaired) electrons. The molecule has 0 bridgehead atoms. The third kappa shape index (κ3) is 1.81. The predicted molar refractivity (Wildman–Crippen MR) is 55.9 cm³/mol. The minimum Gasteiger partial charge on any atom is -0.325 e. The molecule has 0 atom stereocenters. The van der Waals surface area contributed by atoms with Gasteiger partial charge in [-0.15, -0.1) is 0 Å². The van der Waals surface area contributed by atoms with E-state index in [1.54, 1.807) is 0 Å². The second kappa shape index (κ2) is 4.11. The van der Waals surface area contributed by atoms with Crippen molar-refractivity contribution < 1.29 is 0 Å². The second-order valence-electron chi connectivity index (χ2n) is 3.91. The summed E-state index contributed by atoms with van der Waals surface area (Å²) in [5.41, 5.74) is 7.96. The van der Waals surface area contributed by atoms with Gasteiger partial charge in [0.05, 0.1) is 11.4 Å². The third-order valence-electron chi connectivity index (χ3n) is 2.96. The quantitative estimate of drug-likeness (QED) is 0.714. The Balaban J connectivity index is 2.14. The Hall–Kier alpha value is -0.870. The van der Waals surface area contributed by atoms with Gasteiger partial charge in [-0.2, -0.15) is 5.10 Å². The van der Waals surface area contributed by atoms with E-state index in [2.05, 4.69) is 16.5 Å². The molecule has 4 nitrogen and oxygen atoms in total. The normalized spacial score (nSPS) is 18.7. The van der Waals surface area contributed by atoms with Crippen molar-refractivity contribution in [2.75, 3.05) is 13.1 Å². The van der Waals surface area contributed by atoms with Crippen LogP contribution in [0.5, 0.6) is 0 Å². The zero-order chi connectivity index (χ0) is 9.97. The van der Waals surface area contributed by atoms with Crippen molar-refractivity contribution in [2.24, 2.45) is 12.8 Å². The summed E-state index contributed by atoms with van der Waals surface area (Å²) in [4.78, 5) is 0. The van der Waals surface area contributed by atoms with E-state index >= 15 is 0 Å². The van der Waals surface area contributed by atoms with Crippen LogP contribution in [0.1, 0.15) is 30.1 Å². The number of hydrogen-bond donors (Lipinski definition) is 2. The fraction of sp³-hybridized carbons (Fsp3) is 0.700. The molecule has 1 aromatic heterocycles. The van der Waals surface area contributed by atoms with Gasteiger partial charge in [-0.05, 0) is 32.0 Å². The molecule has 0 aromatic carbocycles. The van der Waals surface area contributed by atoms with Crippen LogP contribution in [0.25, 0.3) is 0 Å². The van der Waals surface area contributed by atoms with Crippen molar-refractivity contribution >= 4 is 0 Å². The van der Waals surface area contributed by atoms with Crippen LogP contribution in [0.3, 0.4) is 0 Å². The smallest absolute Gasteiger partial charge is 0.0659 e. The summed E-state index contributed by atoms with van der Waals surface area (Å²) >= 11 is 0. The number of nitrogens with one attached hydrogen (secondary N) is 1. The lowest BCUT2D eigenvalue weighted by Gasteiger charge is -2.20. The van der Waals surface area contributed by atoms with Crippen LogP contribution < -0.4 is 11.1 Å². The summed E-state index contributed by atoms with van der Waals surface area (Å²) in [6, 6.07) is 2.15. The Bertz CT molecular complexity index is 299. The van der Waals surface area contributed by atoms with E-state index in [4.69, 9.17) is 5.73 Å². The minimum absolute atomic E-state index is 0.578. The Morgan fingerprint density at radius 1 is 1.57 bits per heavy atom. The molecule has 3 N–H and O–H groups in total. The number of rotatable bonds is 2. The van der Waals surface area contributed by atoms with Gasteiger partial charge in [-0.25, -0.2) is 0 Å². The van der Waals surface area contributed by atoms with Gasteiger partial charge < -0.3 is 11.1 Å². The van der Waals surface area contributed by atoms with Crippen LogP contribution in [-0.4, -0.2) is 22.9 Å². The van der Waals surface area contributed by atoms with Gasteiger partial charge in [-0.1, -0.05) is 0 Å². The molecular formula is C10H18N4. The first kappa shape index (κ1) is 9.68. The van der Waals surface area contributed by atoms with Crippen LogP contribution in [0, 0.1) is 0 Å². The molecule has 2 heterocycles. The van der Waals surface area contributed by atoms with Crippen molar-refractivity contribution in [1.29, 1.82) is 0 Å². The third-order valence-corrected chi connectivity index (χ3v) is 2.96. The van der Waals surface area contributed by atoms with Gasteiger partial charge in [-0.3, -0.25) is 4.68 Å². The van der Waals surface area contributed by atoms with Crippen LogP contribution >= 0.6 is 0 Å². The van der Waals surface area contributed by atoms with Gasteiger partial charge >= 0.3 is 0 Å². The van der Waals surface area contributed by atoms with Crippen LogP contribution in [0.2, 0.25) is 0 Å². The summed E-state index contributed by atoms with van der Waals surface area (Å²) in [5.74, 6) is 0.628. The standard InChI is InChI=1S/C10H18N4/c1-14-9(7-11)6-10(13-14)8-2-4-12-5-3-8/h6,8,12H,2-5,7,11H2,1H3. The molecular weight excluding hydrogens is 176 g/mol. The van der Waals surface area contributed by atoms with E-state index in [0.29, 0.717) is 12.5 Å². The van der Waals surface area contributed by atoms with Gasteiger partial charge in [0.2, 0.25) is 0 Å². The van der Waals surface area contributed by atoms with E-state index in [9.17, 15) is 0 Å². The maximum atomic E-state index is 5.62. The first-order chi connectivity index (χ1) is 6.81. The van der Waals surface area contributed by atoms with E-state index in [1.165, 1.54) is 18.5 Å². The van der Waals surface area contributed by atoms with E-state index < -0.39 is 0 Å². The number of piperidine rings is 1. The number of nitrogens with two attached hydrogens (primary N) is 1. The maximum Gasteiger partial charge on any atom is 0.0659 e. The van der Waals surface area contributed by atoms with Crippen molar-refractivity contribution in [2.45, 2.75) is 25.3 Å². The summed E-state index contributed by atoms with van der Waals surface area (Å²) in [6.07, 6.45) is 2.39. The van der Waals surface area contributed by atoms with Gasteiger partial charge in [0.25, 0.3) is 0 Å². The van der Waals surface area contributed by atoms with E-state index in [-0.39, 0.29) is 0 Å². The van der Waals surface area contributed by atoms with E-state index in [1.807, 2.05) is 11.7 Å². The number of hydrogen-bond acceptors (Lipinski definition) is 3. The Labute approximate surface area is 84.5 Å². The molecule has 0 unspecified atom stereocenters. The average Bonchev–Trinajstić information content (AvgIpc) is 2.61. The first-order valence-corrected chi connectivity index (χ1v) is 5.25. The summed E-state index contributed by atoms with van der Waals surface area (Å²) in [5, 5.41) is 7.87. The molecule has 2 rings (SSSR count). The molecule has 0 amide bonds.